The molecule has 4 rings (SSSR count). The van der Waals surface area contributed by atoms with Crippen LogP contribution in [0.1, 0.15) is 54.4 Å². The molecule has 0 heterocycles. The van der Waals surface area contributed by atoms with E-state index < -0.39 is 6.04 Å². The van der Waals surface area contributed by atoms with Gasteiger partial charge in [-0.05, 0) is 61.1 Å². The smallest absolute Gasteiger partial charge is 0.261 e. The first kappa shape index (κ1) is 26.5. The van der Waals surface area contributed by atoms with Crippen LogP contribution in [0.3, 0.4) is 0 Å². The van der Waals surface area contributed by atoms with Crippen LogP contribution in [0.25, 0.3) is 0 Å². The number of aryl methyl sites for hydroxylation is 2. The highest BCUT2D eigenvalue weighted by molar-refractivity contribution is 5.88. The molecule has 194 valence electrons. The Kier molecular flexibility index (Phi) is 9.36. The zero-order valence-electron chi connectivity index (χ0n) is 22.0. The molecule has 1 fully saturated rings. The first-order chi connectivity index (χ1) is 18.0. The zero-order valence-corrected chi connectivity index (χ0v) is 22.0. The van der Waals surface area contributed by atoms with Gasteiger partial charge in [0, 0.05) is 19.0 Å². The topological polar surface area (TPSA) is 58.6 Å². The molecule has 2 amide bonds. The first-order valence-corrected chi connectivity index (χ1v) is 13.4. The van der Waals surface area contributed by atoms with Crippen molar-refractivity contribution >= 4 is 11.8 Å². The lowest BCUT2D eigenvalue weighted by molar-refractivity contribution is -0.143. The summed E-state index contributed by atoms with van der Waals surface area (Å²) in [7, 11) is 0. The van der Waals surface area contributed by atoms with Crippen molar-refractivity contribution in [2.45, 2.75) is 71.0 Å². The summed E-state index contributed by atoms with van der Waals surface area (Å²) in [5.74, 6) is 0.355. The number of carbonyl (C=O) groups excluding carboxylic acids is 2. The number of nitrogens with zero attached hydrogens (tertiary/aromatic N) is 1. The van der Waals surface area contributed by atoms with Crippen molar-refractivity contribution in [2.24, 2.45) is 0 Å². The summed E-state index contributed by atoms with van der Waals surface area (Å²) >= 11 is 0. The molecule has 1 atom stereocenters. The summed E-state index contributed by atoms with van der Waals surface area (Å²) in [6, 6.07) is 25.2. The number of rotatable bonds is 10. The Bertz CT molecular complexity index is 1170. The molecule has 0 spiro atoms. The van der Waals surface area contributed by atoms with Gasteiger partial charge in [-0.15, -0.1) is 0 Å². The van der Waals surface area contributed by atoms with Gasteiger partial charge in [-0.1, -0.05) is 86.0 Å². The maximum atomic E-state index is 13.8. The van der Waals surface area contributed by atoms with Crippen molar-refractivity contribution in [3.05, 3.63) is 101 Å². The van der Waals surface area contributed by atoms with Crippen LogP contribution in [-0.4, -0.2) is 35.4 Å². The van der Waals surface area contributed by atoms with Gasteiger partial charge >= 0.3 is 0 Å². The van der Waals surface area contributed by atoms with Crippen LogP contribution in [0.2, 0.25) is 0 Å². The van der Waals surface area contributed by atoms with Crippen LogP contribution in [0.4, 0.5) is 0 Å². The van der Waals surface area contributed by atoms with Crippen molar-refractivity contribution in [3.63, 3.8) is 0 Å². The van der Waals surface area contributed by atoms with Crippen molar-refractivity contribution in [2.75, 3.05) is 6.61 Å². The molecule has 1 saturated carbocycles. The molecule has 5 heteroatoms. The van der Waals surface area contributed by atoms with Crippen LogP contribution < -0.4 is 10.1 Å². The normalized spacial score (nSPS) is 14.5. The Hall–Kier alpha value is -3.60. The molecule has 0 saturated heterocycles. The molecule has 0 aliphatic heterocycles. The van der Waals surface area contributed by atoms with E-state index >= 15 is 0 Å². The lowest BCUT2D eigenvalue weighted by atomic mass is 9.94. The highest BCUT2D eigenvalue weighted by Crippen LogP contribution is 2.21. The number of ether oxygens (including phenoxy) is 1. The standard InChI is InChI=1S/C32H38N2O3/c1-24-12-11-19-29(20-24)37-23-31(35)34(22-27-16-10-9-13-25(27)2)30(21-26-14-5-3-6-15-26)32(36)33-28-17-7-4-8-18-28/h3,5-6,9-16,19-20,28,30H,4,7-8,17-18,21-23H2,1-2H3,(H,33,36). The van der Waals surface area contributed by atoms with E-state index in [9.17, 15) is 9.59 Å². The minimum Gasteiger partial charge on any atom is -0.484 e. The second kappa shape index (κ2) is 13.1. The lowest BCUT2D eigenvalue weighted by Crippen LogP contribution is -2.53. The fraction of sp³-hybridized carbons (Fsp3) is 0.375. The van der Waals surface area contributed by atoms with E-state index in [1.807, 2.05) is 92.7 Å². The van der Waals surface area contributed by atoms with Crippen LogP contribution in [-0.2, 0) is 22.6 Å². The van der Waals surface area contributed by atoms with Gasteiger partial charge in [0.15, 0.2) is 6.61 Å². The predicted molar refractivity (Wildman–Crippen MR) is 147 cm³/mol. The van der Waals surface area contributed by atoms with Crippen LogP contribution in [0.15, 0.2) is 78.9 Å². The highest BCUT2D eigenvalue weighted by atomic mass is 16.5. The van der Waals surface area contributed by atoms with E-state index in [2.05, 4.69) is 5.32 Å². The second-order valence-corrected chi connectivity index (χ2v) is 10.1. The predicted octanol–water partition coefficient (Wildman–Crippen LogP) is 5.77. The van der Waals surface area contributed by atoms with E-state index in [-0.39, 0.29) is 24.5 Å². The van der Waals surface area contributed by atoms with E-state index in [1.54, 1.807) is 4.90 Å². The van der Waals surface area contributed by atoms with Crippen LogP contribution >= 0.6 is 0 Å². The molecule has 1 N–H and O–H groups in total. The maximum absolute atomic E-state index is 13.8. The summed E-state index contributed by atoms with van der Waals surface area (Å²) in [5.41, 5.74) is 4.20. The van der Waals surface area contributed by atoms with Crippen molar-refractivity contribution in [1.29, 1.82) is 0 Å². The van der Waals surface area contributed by atoms with Crippen molar-refractivity contribution in [3.8, 4) is 5.75 Å². The molecule has 3 aromatic carbocycles. The Morgan fingerprint density at radius 1 is 0.919 bits per heavy atom. The summed E-state index contributed by atoms with van der Waals surface area (Å²) in [6.45, 7) is 4.25. The average Bonchev–Trinajstić information content (AvgIpc) is 2.91. The molecule has 0 bridgehead atoms. The maximum Gasteiger partial charge on any atom is 0.261 e. The van der Waals surface area contributed by atoms with E-state index in [0.29, 0.717) is 18.7 Å². The van der Waals surface area contributed by atoms with Gasteiger partial charge in [0.05, 0.1) is 0 Å². The fourth-order valence-corrected chi connectivity index (χ4v) is 5.00. The third-order valence-corrected chi connectivity index (χ3v) is 7.18. The summed E-state index contributed by atoms with van der Waals surface area (Å²) in [6.07, 6.45) is 5.91. The van der Waals surface area contributed by atoms with Gasteiger partial charge in [-0.3, -0.25) is 9.59 Å². The Balaban J connectivity index is 1.62. The third-order valence-electron chi connectivity index (χ3n) is 7.18. The van der Waals surface area contributed by atoms with E-state index in [4.69, 9.17) is 4.74 Å². The number of hydrogen-bond donors (Lipinski definition) is 1. The molecule has 1 aliphatic rings. The van der Waals surface area contributed by atoms with Gasteiger partial charge in [-0.25, -0.2) is 0 Å². The van der Waals surface area contributed by atoms with Crippen molar-refractivity contribution < 1.29 is 14.3 Å². The summed E-state index contributed by atoms with van der Waals surface area (Å²) in [5, 5.41) is 3.28. The van der Waals surface area contributed by atoms with Gasteiger partial charge in [-0.2, -0.15) is 0 Å². The molecule has 1 aliphatic carbocycles. The molecule has 5 nitrogen and oxygen atoms in total. The minimum absolute atomic E-state index is 0.0896. The number of hydrogen-bond acceptors (Lipinski definition) is 3. The zero-order chi connectivity index (χ0) is 26.0. The van der Waals surface area contributed by atoms with Crippen LogP contribution in [0, 0.1) is 13.8 Å². The number of amides is 2. The fourth-order valence-electron chi connectivity index (χ4n) is 5.00. The third kappa shape index (κ3) is 7.69. The van der Waals surface area contributed by atoms with Gasteiger partial charge in [0.2, 0.25) is 5.91 Å². The Labute approximate surface area is 220 Å². The second-order valence-electron chi connectivity index (χ2n) is 10.1. The molecule has 1 unspecified atom stereocenters. The number of benzene rings is 3. The minimum atomic E-state index is -0.641. The molecule has 3 aromatic rings. The van der Waals surface area contributed by atoms with Crippen LogP contribution in [0.5, 0.6) is 5.75 Å². The summed E-state index contributed by atoms with van der Waals surface area (Å²) in [4.78, 5) is 29.3. The van der Waals surface area contributed by atoms with E-state index in [0.717, 1.165) is 47.9 Å². The van der Waals surface area contributed by atoms with Gasteiger partial charge in [0.1, 0.15) is 11.8 Å². The summed E-state index contributed by atoms with van der Waals surface area (Å²) < 4.78 is 5.90. The molecule has 0 radical (unpaired) electrons. The Morgan fingerprint density at radius 2 is 1.65 bits per heavy atom. The first-order valence-electron chi connectivity index (χ1n) is 13.4. The lowest BCUT2D eigenvalue weighted by Gasteiger charge is -2.33. The molecular weight excluding hydrogens is 460 g/mol. The largest absolute Gasteiger partial charge is 0.484 e. The Morgan fingerprint density at radius 3 is 2.38 bits per heavy atom. The average molecular weight is 499 g/mol. The molecular formula is C32H38N2O3. The monoisotopic (exact) mass is 498 g/mol. The molecule has 37 heavy (non-hydrogen) atoms. The van der Waals surface area contributed by atoms with Crippen molar-refractivity contribution in [1.82, 2.24) is 10.2 Å². The van der Waals surface area contributed by atoms with E-state index in [1.165, 1.54) is 6.42 Å². The number of nitrogens with one attached hydrogen (secondary N) is 1. The van der Waals surface area contributed by atoms with Gasteiger partial charge < -0.3 is 15.0 Å². The molecule has 0 aromatic heterocycles. The highest BCUT2D eigenvalue weighted by Gasteiger charge is 2.32. The quantitative estimate of drug-likeness (QED) is 0.386. The van der Waals surface area contributed by atoms with Gasteiger partial charge in [0.25, 0.3) is 5.91 Å². The number of carbonyl (C=O) groups is 2. The SMILES string of the molecule is Cc1cccc(OCC(=O)N(Cc2ccccc2C)C(Cc2ccccc2)C(=O)NC2CCCCC2)c1.